The topological polar surface area (TPSA) is 57.6 Å². The number of carbonyl (C=O) groups excluding carboxylic acids is 1. The first-order chi connectivity index (χ1) is 10.9. The molecular weight excluding hydrogens is 290 g/mol. The van der Waals surface area contributed by atoms with E-state index in [0.717, 1.165) is 12.8 Å². The zero-order valence-corrected chi connectivity index (χ0v) is 14.0. The van der Waals surface area contributed by atoms with Crippen molar-refractivity contribution >= 4 is 11.9 Å². The lowest BCUT2D eigenvalue weighted by molar-refractivity contribution is -0.150. The van der Waals surface area contributed by atoms with Crippen LogP contribution in [-0.2, 0) is 17.6 Å². The number of hydrogen-bond donors (Lipinski definition) is 1. The molecule has 3 rings (SSSR count). The van der Waals surface area contributed by atoms with E-state index in [9.17, 15) is 14.7 Å². The lowest BCUT2D eigenvalue weighted by Gasteiger charge is -2.28. The lowest BCUT2D eigenvalue weighted by atomic mass is 9.76. The van der Waals surface area contributed by atoms with Crippen molar-refractivity contribution in [2.75, 3.05) is 13.1 Å². The highest BCUT2D eigenvalue weighted by Gasteiger charge is 2.48. The molecule has 4 nitrogen and oxygen atoms in total. The van der Waals surface area contributed by atoms with Crippen molar-refractivity contribution in [1.29, 1.82) is 0 Å². The van der Waals surface area contributed by atoms with Crippen molar-refractivity contribution in [3.8, 4) is 0 Å². The molecule has 1 atom stereocenters. The maximum atomic E-state index is 12.8. The van der Waals surface area contributed by atoms with Gasteiger partial charge in [-0.2, -0.15) is 0 Å². The number of hydrogen-bond acceptors (Lipinski definition) is 2. The highest BCUT2D eigenvalue weighted by atomic mass is 16.4. The minimum Gasteiger partial charge on any atom is -0.481 e. The Bertz CT molecular complexity index is 638. The molecule has 0 bridgehead atoms. The van der Waals surface area contributed by atoms with Gasteiger partial charge in [-0.1, -0.05) is 19.9 Å². The Morgan fingerprint density at radius 3 is 2.48 bits per heavy atom. The average Bonchev–Trinajstić information content (AvgIpc) is 3.00. The Balaban J connectivity index is 1.80. The lowest BCUT2D eigenvalue weighted by Crippen LogP contribution is -2.40. The molecular formula is C19H25NO3. The Morgan fingerprint density at radius 1 is 1.17 bits per heavy atom. The van der Waals surface area contributed by atoms with E-state index in [0.29, 0.717) is 25.1 Å². The summed E-state index contributed by atoms with van der Waals surface area (Å²) >= 11 is 0. The number of carboxylic acids is 1. The number of fused-ring (bicyclic) bond motifs is 1. The van der Waals surface area contributed by atoms with Crippen molar-refractivity contribution in [2.45, 2.75) is 46.0 Å². The zero-order valence-electron chi connectivity index (χ0n) is 14.0. The van der Waals surface area contributed by atoms with Crippen LogP contribution >= 0.6 is 0 Å². The number of likely N-dealkylation sites (tertiary alicyclic amines) is 1. The predicted octanol–water partition coefficient (Wildman–Crippen LogP) is 3.14. The summed E-state index contributed by atoms with van der Waals surface area (Å²) in [7, 11) is 0. The van der Waals surface area contributed by atoms with Crippen LogP contribution in [0.3, 0.4) is 0 Å². The Labute approximate surface area is 137 Å². The van der Waals surface area contributed by atoms with Gasteiger partial charge in [0.25, 0.3) is 5.91 Å². The van der Waals surface area contributed by atoms with E-state index in [1.54, 1.807) is 4.90 Å². The summed E-state index contributed by atoms with van der Waals surface area (Å²) in [4.78, 5) is 26.2. The minimum atomic E-state index is -0.802. The fraction of sp³-hybridized carbons (Fsp3) is 0.579. The van der Waals surface area contributed by atoms with Gasteiger partial charge in [0.2, 0.25) is 0 Å². The van der Waals surface area contributed by atoms with Gasteiger partial charge in [0.05, 0.1) is 5.41 Å². The largest absolute Gasteiger partial charge is 0.481 e. The highest BCUT2D eigenvalue weighted by Crippen LogP contribution is 2.38. The van der Waals surface area contributed by atoms with Gasteiger partial charge in [0.15, 0.2) is 0 Å². The summed E-state index contributed by atoms with van der Waals surface area (Å²) in [6.45, 7) is 4.71. The molecule has 0 spiro atoms. The normalized spacial score (nSPS) is 23.9. The molecule has 1 aromatic carbocycles. The van der Waals surface area contributed by atoms with Crippen molar-refractivity contribution in [1.82, 2.24) is 4.90 Å². The zero-order chi connectivity index (χ0) is 16.6. The van der Waals surface area contributed by atoms with E-state index in [2.05, 4.69) is 6.07 Å². The number of nitrogens with zero attached hydrogens (tertiary/aromatic N) is 1. The molecule has 2 aliphatic rings. The van der Waals surface area contributed by atoms with Crippen LogP contribution in [0.4, 0.5) is 0 Å². The molecule has 23 heavy (non-hydrogen) atoms. The quantitative estimate of drug-likeness (QED) is 0.932. The van der Waals surface area contributed by atoms with Crippen LogP contribution < -0.4 is 0 Å². The fourth-order valence-electron chi connectivity index (χ4n) is 3.95. The predicted molar refractivity (Wildman–Crippen MR) is 88.5 cm³/mol. The summed E-state index contributed by atoms with van der Waals surface area (Å²) in [5.74, 6) is -0.795. The number of carboxylic acid groups (broad SMARTS) is 1. The van der Waals surface area contributed by atoms with E-state index < -0.39 is 11.4 Å². The van der Waals surface area contributed by atoms with Gasteiger partial charge < -0.3 is 10.0 Å². The van der Waals surface area contributed by atoms with Crippen molar-refractivity contribution in [3.63, 3.8) is 0 Å². The van der Waals surface area contributed by atoms with Crippen molar-refractivity contribution < 1.29 is 14.7 Å². The minimum absolute atomic E-state index is 0.0151. The van der Waals surface area contributed by atoms with E-state index in [1.807, 2.05) is 26.0 Å². The third kappa shape index (κ3) is 2.75. The number of aryl methyl sites for hydroxylation is 2. The molecule has 1 N–H and O–H groups in total. The molecule has 0 radical (unpaired) electrons. The molecule has 1 amide bonds. The first-order valence-electron chi connectivity index (χ1n) is 8.58. The smallest absolute Gasteiger partial charge is 0.311 e. The van der Waals surface area contributed by atoms with Gasteiger partial charge in [-0.25, -0.2) is 0 Å². The average molecular weight is 315 g/mol. The second kappa shape index (κ2) is 5.99. The standard InChI is InChI=1S/C19H25NO3/c1-13(2)19(18(22)23)9-10-20(12-19)17(21)16-8-7-14-5-3-4-6-15(14)11-16/h7-8,11,13H,3-6,9-10,12H2,1-2H3,(H,22,23). The Morgan fingerprint density at radius 2 is 1.87 bits per heavy atom. The van der Waals surface area contributed by atoms with Crippen molar-refractivity contribution in [2.24, 2.45) is 11.3 Å². The second-order valence-electron chi connectivity index (χ2n) is 7.28. The summed E-state index contributed by atoms with van der Waals surface area (Å²) in [5, 5.41) is 9.62. The molecule has 4 heteroatoms. The third-order valence-corrected chi connectivity index (χ3v) is 5.71. The van der Waals surface area contributed by atoms with Crippen LogP contribution in [0.2, 0.25) is 0 Å². The first-order valence-corrected chi connectivity index (χ1v) is 8.58. The molecule has 1 aromatic rings. The summed E-state index contributed by atoms with van der Waals surface area (Å²) in [6.07, 6.45) is 5.09. The molecule has 1 unspecified atom stereocenters. The molecule has 1 heterocycles. The maximum absolute atomic E-state index is 12.8. The summed E-state index contributed by atoms with van der Waals surface area (Å²) < 4.78 is 0. The Hall–Kier alpha value is -1.84. The van der Waals surface area contributed by atoms with Gasteiger partial charge in [-0.3, -0.25) is 9.59 Å². The first kappa shape index (κ1) is 16.0. The van der Waals surface area contributed by atoms with E-state index in [4.69, 9.17) is 0 Å². The fourth-order valence-corrected chi connectivity index (χ4v) is 3.95. The molecule has 0 saturated carbocycles. The van der Waals surface area contributed by atoms with E-state index in [-0.39, 0.29) is 11.8 Å². The van der Waals surface area contributed by atoms with Crippen LogP contribution in [0.1, 0.15) is 54.6 Å². The molecule has 1 fully saturated rings. The summed E-state index contributed by atoms with van der Waals surface area (Å²) in [6, 6.07) is 6.00. The van der Waals surface area contributed by atoms with Gasteiger partial charge in [-0.05, 0) is 61.3 Å². The third-order valence-electron chi connectivity index (χ3n) is 5.71. The molecule has 1 saturated heterocycles. The van der Waals surface area contributed by atoms with Crippen LogP contribution in [-0.4, -0.2) is 35.0 Å². The van der Waals surface area contributed by atoms with Crippen LogP contribution in [0, 0.1) is 11.3 Å². The van der Waals surface area contributed by atoms with E-state index >= 15 is 0 Å². The second-order valence-corrected chi connectivity index (χ2v) is 7.28. The summed E-state index contributed by atoms with van der Waals surface area (Å²) in [5.41, 5.74) is 2.55. The molecule has 0 aromatic heterocycles. The van der Waals surface area contributed by atoms with Crippen LogP contribution in [0.15, 0.2) is 18.2 Å². The SMILES string of the molecule is CC(C)C1(C(=O)O)CCN(C(=O)c2ccc3c(c2)CCCC3)C1. The molecule has 1 aliphatic carbocycles. The number of benzene rings is 1. The highest BCUT2D eigenvalue weighted by molar-refractivity contribution is 5.95. The van der Waals surface area contributed by atoms with Crippen LogP contribution in [0.25, 0.3) is 0 Å². The van der Waals surface area contributed by atoms with Gasteiger partial charge in [0, 0.05) is 18.7 Å². The number of carbonyl (C=O) groups is 2. The number of amides is 1. The Kier molecular flexibility index (Phi) is 4.17. The van der Waals surface area contributed by atoms with Crippen molar-refractivity contribution in [3.05, 3.63) is 34.9 Å². The van der Waals surface area contributed by atoms with Gasteiger partial charge in [0.1, 0.15) is 0 Å². The monoisotopic (exact) mass is 315 g/mol. The van der Waals surface area contributed by atoms with E-state index in [1.165, 1.54) is 24.0 Å². The number of rotatable bonds is 3. The number of aliphatic carboxylic acids is 1. The molecule has 124 valence electrons. The molecule has 1 aliphatic heterocycles. The van der Waals surface area contributed by atoms with Gasteiger partial charge in [-0.15, -0.1) is 0 Å². The maximum Gasteiger partial charge on any atom is 0.311 e. The van der Waals surface area contributed by atoms with Crippen LogP contribution in [0.5, 0.6) is 0 Å². The van der Waals surface area contributed by atoms with Gasteiger partial charge >= 0.3 is 5.97 Å².